The molecule has 0 bridgehead atoms. The Morgan fingerprint density at radius 3 is 2.95 bits per heavy atom. The summed E-state index contributed by atoms with van der Waals surface area (Å²) in [6.07, 6.45) is -0.321. The van der Waals surface area contributed by atoms with Crippen LogP contribution in [0.2, 0.25) is 0 Å². The highest BCUT2D eigenvalue weighted by Crippen LogP contribution is 2.30. The predicted molar refractivity (Wildman–Crippen MR) is 80.8 cm³/mol. The molecule has 0 aliphatic carbocycles. The molecule has 1 aromatic rings. The lowest BCUT2D eigenvalue weighted by atomic mass is 10.1. The van der Waals surface area contributed by atoms with Crippen LogP contribution in [0.3, 0.4) is 0 Å². The summed E-state index contributed by atoms with van der Waals surface area (Å²) in [7, 11) is 0. The maximum absolute atomic E-state index is 12.7. The number of ether oxygens (including phenoxy) is 1. The molecular formula is C15H20N2O2S. The second-order valence-electron chi connectivity index (χ2n) is 5.10. The number of hydrogen-bond donors (Lipinski definition) is 1. The van der Waals surface area contributed by atoms with Gasteiger partial charge in [0.05, 0.1) is 12.6 Å². The van der Waals surface area contributed by atoms with E-state index in [1.165, 1.54) is 5.56 Å². The number of carbonyl (C=O) groups excluding carboxylic acids is 1. The fraction of sp³-hybridized carbons (Fsp3) is 0.533. The lowest BCUT2D eigenvalue weighted by Gasteiger charge is -2.38. The van der Waals surface area contributed by atoms with Gasteiger partial charge in [-0.25, -0.2) is 0 Å². The van der Waals surface area contributed by atoms with E-state index in [1.807, 2.05) is 34.9 Å². The van der Waals surface area contributed by atoms with Gasteiger partial charge in [0, 0.05) is 31.1 Å². The van der Waals surface area contributed by atoms with Crippen molar-refractivity contribution < 1.29 is 9.53 Å². The standard InChI is InChI=1S/C15H20N2O2S/c18-15(14-10-16-6-8-19-14)17-7-9-20-11-13(17)12-4-2-1-3-5-12/h1-5,13-14,16H,6-11H2. The van der Waals surface area contributed by atoms with E-state index in [4.69, 9.17) is 4.74 Å². The highest BCUT2D eigenvalue weighted by molar-refractivity contribution is 7.99. The van der Waals surface area contributed by atoms with E-state index in [9.17, 15) is 4.79 Å². The highest BCUT2D eigenvalue weighted by atomic mass is 32.2. The maximum atomic E-state index is 12.7. The van der Waals surface area contributed by atoms with E-state index in [0.29, 0.717) is 13.2 Å². The van der Waals surface area contributed by atoms with Crippen molar-refractivity contribution in [3.63, 3.8) is 0 Å². The lowest BCUT2D eigenvalue weighted by Crippen LogP contribution is -2.52. The van der Waals surface area contributed by atoms with Crippen LogP contribution in [0.1, 0.15) is 11.6 Å². The van der Waals surface area contributed by atoms with Crippen molar-refractivity contribution in [3.8, 4) is 0 Å². The molecular weight excluding hydrogens is 272 g/mol. The zero-order chi connectivity index (χ0) is 13.8. The van der Waals surface area contributed by atoms with Crippen LogP contribution >= 0.6 is 11.8 Å². The van der Waals surface area contributed by atoms with Crippen LogP contribution in [0.15, 0.2) is 30.3 Å². The zero-order valence-electron chi connectivity index (χ0n) is 11.5. The van der Waals surface area contributed by atoms with Crippen molar-refractivity contribution in [2.45, 2.75) is 12.1 Å². The smallest absolute Gasteiger partial charge is 0.253 e. The van der Waals surface area contributed by atoms with E-state index in [0.717, 1.165) is 24.6 Å². The summed E-state index contributed by atoms with van der Waals surface area (Å²) >= 11 is 1.92. The third kappa shape index (κ3) is 3.00. The predicted octanol–water partition coefficient (Wildman–Crippen LogP) is 1.29. The number of nitrogens with one attached hydrogen (secondary N) is 1. The maximum Gasteiger partial charge on any atom is 0.253 e. The largest absolute Gasteiger partial charge is 0.366 e. The third-order valence-corrected chi connectivity index (χ3v) is 4.82. The van der Waals surface area contributed by atoms with E-state index < -0.39 is 0 Å². The third-order valence-electron chi connectivity index (χ3n) is 3.80. The van der Waals surface area contributed by atoms with Gasteiger partial charge >= 0.3 is 0 Å². The van der Waals surface area contributed by atoms with Gasteiger partial charge in [-0.3, -0.25) is 4.79 Å². The molecule has 0 saturated carbocycles. The minimum atomic E-state index is -0.321. The number of nitrogens with zero attached hydrogens (tertiary/aromatic N) is 1. The van der Waals surface area contributed by atoms with Crippen molar-refractivity contribution in [2.75, 3.05) is 37.7 Å². The minimum Gasteiger partial charge on any atom is -0.366 e. The number of morpholine rings is 1. The van der Waals surface area contributed by atoms with Crippen molar-refractivity contribution in [1.82, 2.24) is 10.2 Å². The molecule has 2 saturated heterocycles. The highest BCUT2D eigenvalue weighted by Gasteiger charge is 2.33. The molecule has 0 aromatic heterocycles. The molecule has 1 N–H and O–H groups in total. The quantitative estimate of drug-likeness (QED) is 0.892. The Bertz CT molecular complexity index is 448. The molecule has 1 amide bonds. The molecule has 2 fully saturated rings. The van der Waals surface area contributed by atoms with Gasteiger partial charge in [0.15, 0.2) is 0 Å². The fourth-order valence-electron chi connectivity index (χ4n) is 2.73. The Balaban J connectivity index is 1.76. The van der Waals surface area contributed by atoms with Crippen LogP contribution in [0.5, 0.6) is 0 Å². The zero-order valence-corrected chi connectivity index (χ0v) is 12.3. The molecule has 0 radical (unpaired) electrons. The van der Waals surface area contributed by atoms with Crippen LogP contribution in [0.4, 0.5) is 0 Å². The van der Waals surface area contributed by atoms with Gasteiger partial charge in [-0.05, 0) is 5.56 Å². The molecule has 3 rings (SSSR count). The Kier molecular flexibility index (Phi) is 4.60. The summed E-state index contributed by atoms with van der Waals surface area (Å²) in [6.45, 7) is 2.89. The summed E-state index contributed by atoms with van der Waals surface area (Å²) in [5, 5.41) is 3.23. The normalized spacial score (nSPS) is 27.3. The van der Waals surface area contributed by atoms with Crippen LogP contribution in [0.25, 0.3) is 0 Å². The monoisotopic (exact) mass is 292 g/mol. The molecule has 5 heteroatoms. The summed E-state index contributed by atoms with van der Waals surface area (Å²) < 4.78 is 5.62. The SMILES string of the molecule is O=C(C1CNCCO1)N1CCSCC1c1ccccc1. The molecule has 2 heterocycles. The van der Waals surface area contributed by atoms with Gasteiger partial charge < -0.3 is 15.0 Å². The first kappa shape index (κ1) is 13.9. The van der Waals surface area contributed by atoms with Crippen LogP contribution < -0.4 is 5.32 Å². The second kappa shape index (κ2) is 6.61. The van der Waals surface area contributed by atoms with Gasteiger partial charge in [0.25, 0.3) is 5.91 Å². The molecule has 2 aliphatic heterocycles. The molecule has 4 nitrogen and oxygen atoms in total. The van der Waals surface area contributed by atoms with E-state index in [1.54, 1.807) is 0 Å². The number of hydrogen-bond acceptors (Lipinski definition) is 4. The first-order valence-electron chi connectivity index (χ1n) is 7.12. The number of carbonyl (C=O) groups is 1. The molecule has 20 heavy (non-hydrogen) atoms. The number of benzene rings is 1. The number of rotatable bonds is 2. The average molecular weight is 292 g/mol. The van der Waals surface area contributed by atoms with Crippen molar-refractivity contribution >= 4 is 17.7 Å². The van der Waals surface area contributed by atoms with E-state index in [2.05, 4.69) is 17.4 Å². The molecule has 1 aromatic carbocycles. The first-order valence-corrected chi connectivity index (χ1v) is 8.27. The van der Waals surface area contributed by atoms with Gasteiger partial charge in [-0.1, -0.05) is 30.3 Å². The second-order valence-corrected chi connectivity index (χ2v) is 6.25. The summed E-state index contributed by atoms with van der Waals surface area (Å²) in [5.74, 6) is 2.11. The van der Waals surface area contributed by atoms with Crippen LogP contribution in [0, 0.1) is 0 Å². The summed E-state index contributed by atoms with van der Waals surface area (Å²) in [4.78, 5) is 14.7. The average Bonchev–Trinajstić information content (AvgIpc) is 2.56. The van der Waals surface area contributed by atoms with Crippen LogP contribution in [-0.4, -0.2) is 54.7 Å². The number of amides is 1. The van der Waals surface area contributed by atoms with E-state index in [-0.39, 0.29) is 18.1 Å². The lowest BCUT2D eigenvalue weighted by molar-refractivity contribution is -0.147. The molecule has 2 aliphatic rings. The van der Waals surface area contributed by atoms with Crippen molar-refractivity contribution in [3.05, 3.63) is 35.9 Å². The minimum absolute atomic E-state index is 0.131. The Hall–Kier alpha value is -1.04. The Morgan fingerprint density at radius 2 is 2.20 bits per heavy atom. The molecule has 0 spiro atoms. The Morgan fingerprint density at radius 1 is 1.35 bits per heavy atom. The van der Waals surface area contributed by atoms with Crippen molar-refractivity contribution in [1.29, 1.82) is 0 Å². The fourth-order valence-corrected chi connectivity index (χ4v) is 3.82. The van der Waals surface area contributed by atoms with Gasteiger partial charge in [-0.2, -0.15) is 11.8 Å². The van der Waals surface area contributed by atoms with Crippen molar-refractivity contribution in [2.24, 2.45) is 0 Å². The first-order chi connectivity index (χ1) is 9.86. The van der Waals surface area contributed by atoms with Gasteiger partial charge in [0.2, 0.25) is 0 Å². The number of thioether (sulfide) groups is 1. The Labute approximate surface area is 123 Å². The van der Waals surface area contributed by atoms with Crippen LogP contribution in [-0.2, 0) is 9.53 Å². The van der Waals surface area contributed by atoms with E-state index >= 15 is 0 Å². The van der Waals surface area contributed by atoms with Gasteiger partial charge in [-0.15, -0.1) is 0 Å². The summed E-state index contributed by atoms with van der Waals surface area (Å²) in [6, 6.07) is 10.5. The molecule has 2 unspecified atom stereocenters. The molecule has 108 valence electrons. The van der Waals surface area contributed by atoms with Gasteiger partial charge in [0.1, 0.15) is 6.10 Å². The summed E-state index contributed by atoms with van der Waals surface area (Å²) in [5.41, 5.74) is 1.22. The molecule has 2 atom stereocenters. The topological polar surface area (TPSA) is 41.6 Å².